The van der Waals surface area contributed by atoms with Crippen LogP contribution in [0.1, 0.15) is 44.2 Å². The minimum Gasteiger partial charge on any atom is -0.383 e. The first-order valence-corrected chi connectivity index (χ1v) is 7.00. The first kappa shape index (κ1) is 15.2. The molecular formula is C16H27NO. The van der Waals surface area contributed by atoms with Gasteiger partial charge in [-0.15, -0.1) is 0 Å². The van der Waals surface area contributed by atoms with E-state index in [2.05, 4.69) is 50.4 Å². The number of aryl methyl sites for hydroxylation is 1. The highest BCUT2D eigenvalue weighted by Gasteiger charge is 2.13. The molecule has 1 rings (SSSR count). The Morgan fingerprint density at radius 1 is 1.17 bits per heavy atom. The van der Waals surface area contributed by atoms with Gasteiger partial charge < -0.3 is 10.1 Å². The molecular weight excluding hydrogens is 222 g/mol. The Balaban J connectivity index is 2.51. The monoisotopic (exact) mass is 249 g/mol. The lowest BCUT2D eigenvalue weighted by Gasteiger charge is -2.22. The average Bonchev–Trinajstić information content (AvgIpc) is 2.39. The van der Waals surface area contributed by atoms with Crippen molar-refractivity contribution >= 4 is 0 Å². The van der Waals surface area contributed by atoms with E-state index in [1.165, 1.54) is 24.0 Å². The molecule has 0 amide bonds. The molecule has 1 aromatic carbocycles. The molecule has 0 saturated carbocycles. The Labute approximate surface area is 112 Å². The molecule has 0 aliphatic heterocycles. The molecule has 0 aliphatic carbocycles. The minimum atomic E-state index is 0.470. The second-order valence-corrected chi connectivity index (χ2v) is 5.02. The fraction of sp³-hybridized carbons (Fsp3) is 0.625. The van der Waals surface area contributed by atoms with Crippen LogP contribution in [0, 0.1) is 0 Å². The topological polar surface area (TPSA) is 21.3 Å². The zero-order valence-electron chi connectivity index (χ0n) is 12.2. The summed E-state index contributed by atoms with van der Waals surface area (Å²) in [5.41, 5.74) is 2.85. The van der Waals surface area contributed by atoms with E-state index in [0.29, 0.717) is 12.0 Å². The van der Waals surface area contributed by atoms with Gasteiger partial charge in [0.1, 0.15) is 0 Å². The quantitative estimate of drug-likeness (QED) is 0.713. The maximum Gasteiger partial charge on any atom is 0.0587 e. The molecule has 0 bridgehead atoms. The predicted octanol–water partition coefficient (Wildman–Crippen LogP) is 3.37. The van der Waals surface area contributed by atoms with Crippen molar-refractivity contribution in [2.24, 2.45) is 0 Å². The number of benzene rings is 1. The van der Waals surface area contributed by atoms with Crippen LogP contribution in [0.3, 0.4) is 0 Å². The van der Waals surface area contributed by atoms with Gasteiger partial charge >= 0.3 is 0 Å². The van der Waals surface area contributed by atoms with E-state index in [-0.39, 0.29) is 0 Å². The highest BCUT2D eigenvalue weighted by Crippen LogP contribution is 2.20. The van der Waals surface area contributed by atoms with Crippen molar-refractivity contribution in [2.45, 2.75) is 45.6 Å². The number of hydrogen-bond acceptors (Lipinski definition) is 2. The summed E-state index contributed by atoms with van der Waals surface area (Å²) in [4.78, 5) is 0. The van der Waals surface area contributed by atoms with Crippen molar-refractivity contribution in [3.63, 3.8) is 0 Å². The molecule has 2 heteroatoms. The largest absolute Gasteiger partial charge is 0.383 e. The summed E-state index contributed by atoms with van der Waals surface area (Å²) in [6, 6.07) is 9.53. The molecule has 2 atom stereocenters. The van der Waals surface area contributed by atoms with Crippen LogP contribution < -0.4 is 5.32 Å². The standard InChI is InChI=1S/C16H27NO/c1-5-6-15-7-9-16(10-8-15)13(2)14(3)17-11-12-18-4/h7-10,13-14,17H,5-6,11-12H2,1-4H3. The van der Waals surface area contributed by atoms with Crippen LogP contribution in [-0.2, 0) is 11.2 Å². The van der Waals surface area contributed by atoms with Crippen molar-refractivity contribution in [2.75, 3.05) is 20.3 Å². The first-order chi connectivity index (χ1) is 8.69. The zero-order valence-corrected chi connectivity index (χ0v) is 12.2. The van der Waals surface area contributed by atoms with Crippen molar-refractivity contribution < 1.29 is 4.74 Å². The number of nitrogens with one attached hydrogen (secondary N) is 1. The molecule has 0 saturated heterocycles. The lowest BCUT2D eigenvalue weighted by molar-refractivity contribution is 0.195. The Kier molecular flexibility index (Phi) is 6.99. The van der Waals surface area contributed by atoms with Crippen molar-refractivity contribution in [3.05, 3.63) is 35.4 Å². The van der Waals surface area contributed by atoms with Gasteiger partial charge in [-0.2, -0.15) is 0 Å². The first-order valence-electron chi connectivity index (χ1n) is 7.00. The second kappa shape index (κ2) is 8.28. The van der Waals surface area contributed by atoms with E-state index in [4.69, 9.17) is 4.74 Å². The minimum absolute atomic E-state index is 0.470. The predicted molar refractivity (Wildman–Crippen MR) is 78.2 cm³/mol. The van der Waals surface area contributed by atoms with Crippen LogP contribution in [-0.4, -0.2) is 26.3 Å². The maximum absolute atomic E-state index is 5.06. The summed E-state index contributed by atoms with van der Waals surface area (Å²) in [6.45, 7) is 8.42. The Hall–Kier alpha value is -0.860. The van der Waals surface area contributed by atoms with Gasteiger partial charge in [0.2, 0.25) is 0 Å². The molecule has 18 heavy (non-hydrogen) atoms. The van der Waals surface area contributed by atoms with Gasteiger partial charge in [0.15, 0.2) is 0 Å². The second-order valence-electron chi connectivity index (χ2n) is 5.02. The summed E-state index contributed by atoms with van der Waals surface area (Å²) in [6.07, 6.45) is 2.39. The fourth-order valence-electron chi connectivity index (χ4n) is 2.13. The van der Waals surface area contributed by atoms with E-state index in [1.54, 1.807) is 7.11 Å². The molecule has 2 nitrogen and oxygen atoms in total. The Morgan fingerprint density at radius 3 is 2.39 bits per heavy atom. The van der Waals surface area contributed by atoms with Crippen molar-refractivity contribution in [1.29, 1.82) is 0 Å². The van der Waals surface area contributed by atoms with E-state index < -0.39 is 0 Å². The van der Waals surface area contributed by atoms with E-state index in [9.17, 15) is 0 Å². The van der Waals surface area contributed by atoms with E-state index in [1.807, 2.05) is 0 Å². The lowest BCUT2D eigenvalue weighted by atomic mass is 9.93. The average molecular weight is 249 g/mol. The molecule has 0 spiro atoms. The highest BCUT2D eigenvalue weighted by molar-refractivity contribution is 5.26. The number of hydrogen-bond donors (Lipinski definition) is 1. The normalized spacial score (nSPS) is 14.4. The third kappa shape index (κ3) is 4.79. The van der Waals surface area contributed by atoms with Crippen LogP contribution in [0.25, 0.3) is 0 Å². The maximum atomic E-state index is 5.06. The Bertz CT molecular complexity index is 320. The van der Waals surface area contributed by atoms with E-state index >= 15 is 0 Å². The summed E-state index contributed by atoms with van der Waals surface area (Å²) in [5.74, 6) is 0.525. The molecule has 1 N–H and O–H groups in total. The fourth-order valence-corrected chi connectivity index (χ4v) is 2.13. The van der Waals surface area contributed by atoms with Gasteiger partial charge in [-0.25, -0.2) is 0 Å². The van der Waals surface area contributed by atoms with Gasteiger partial charge in [-0.1, -0.05) is 44.5 Å². The third-order valence-electron chi connectivity index (χ3n) is 3.57. The van der Waals surface area contributed by atoms with Crippen LogP contribution in [0.15, 0.2) is 24.3 Å². The summed E-state index contributed by atoms with van der Waals surface area (Å²) in [7, 11) is 1.74. The SMILES string of the molecule is CCCc1ccc(C(C)C(C)NCCOC)cc1. The molecule has 2 unspecified atom stereocenters. The van der Waals surface area contributed by atoms with Crippen LogP contribution >= 0.6 is 0 Å². The van der Waals surface area contributed by atoms with Gasteiger partial charge in [0, 0.05) is 19.7 Å². The molecule has 0 aliphatic rings. The summed E-state index contributed by atoms with van der Waals surface area (Å²) < 4.78 is 5.06. The van der Waals surface area contributed by atoms with Gasteiger partial charge in [0.05, 0.1) is 6.61 Å². The number of rotatable bonds is 8. The van der Waals surface area contributed by atoms with Crippen LogP contribution in [0.2, 0.25) is 0 Å². The van der Waals surface area contributed by atoms with Gasteiger partial charge in [-0.05, 0) is 30.4 Å². The van der Waals surface area contributed by atoms with Gasteiger partial charge in [-0.3, -0.25) is 0 Å². The lowest BCUT2D eigenvalue weighted by Crippen LogP contribution is -2.33. The van der Waals surface area contributed by atoms with Crippen LogP contribution in [0.4, 0.5) is 0 Å². The molecule has 0 heterocycles. The molecule has 0 fully saturated rings. The van der Waals surface area contributed by atoms with Crippen molar-refractivity contribution in [1.82, 2.24) is 5.32 Å². The van der Waals surface area contributed by atoms with Crippen molar-refractivity contribution in [3.8, 4) is 0 Å². The number of methoxy groups -OCH3 is 1. The summed E-state index contributed by atoms with van der Waals surface area (Å²) >= 11 is 0. The number of ether oxygens (including phenoxy) is 1. The highest BCUT2D eigenvalue weighted by atomic mass is 16.5. The van der Waals surface area contributed by atoms with E-state index in [0.717, 1.165) is 13.2 Å². The zero-order chi connectivity index (χ0) is 13.4. The summed E-state index contributed by atoms with van der Waals surface area (Å²) in [5, 5.41) is 3.50. The van der Waals surface area contributed by atoms with Crippen LogP contribution in [0.5, 0.6) is 0 Å². The molecule has 102 valence electrons. The molecule has 0 radical (unpaired) electrons. The third-order valence-corrected chi connectivity index (χ3v) is 3.57. The van der Waals surface area contributed by atoms with Gasteiger partial charge in [0.25, 0.3) is 0 Å². The molecule has 0 aromatic heterocycles. The smallest absolute Gasteiger partial charge is 0.0587 e. The molecule has 1 aromatic rings. The Morgan fingerprint density at radius 2 is 1.83 bits per heavy atom.